The molecule has 0 amide bonds. The standard InChI is InChI=1S/C21H31N5O3S/c1-12-13(2)24-19(22)17-18(12)26(14(3)25-17)9-8-23-30(28,29)11-21-7-6-15(10-16(21)27)20(21,4)5/h15,23H,6-11H2,1-5H3,(H2,22,24). The molecule has 3 N–H and O–H groups in total. The van der Waals surface area contributed by atoms with Gasteiger partial charge in [0.2, 0.25) is 10.0 Å². The first-order valence-corrected chi connectivity index (χ1v) is 12.1. The number of ketones is 1. The van der Waals surface area contributed by atoms with Crippen LogP contribution in [-0.2, 0) is 21.4 Å². The number of carbonyl (C=O) groups is 1. The second kappa shape index (κ2) is 6.75. The lowest BCUT2D eigenvalue weighted by Crippen LogP contribution is -2.45. The van der Waals surface area contributed by atoms with Gasteiger partial charge in [-0.2, -0.15) is 0 Å². The molecule has 0 spiro atoms. The van der Waals surface area contributed by atoms with Crippen molar-refractivity contribution in [3.8, 4) is 0 Å². The largest absolute Gasteiger partial charge is 0.382 e. The number of carbonyl (C=O) groups excluding carboxylic acids is 1. The average molecular weight is 434 g/mol. The van der Waals surface area contributed by atoms with Gasteiger partial charge >= 0.3 is 0 Å². The molecule has 2 unspecified atom stereocenters. The summed E-state index contributed by atoms with van der Waals surface area (Å²) in [6, 6.07) is 0. The van der Waals surface area contributed by atoms with Crippen LogP contribution in [0.15, 0.2) is 0 Å². The predicted octanol–water partition coefficient (Wildman–Crippen LogP) is 2.25. The number of sulfonamides is 1. The minimum atomic E-state index is -3.60. The number of fused-ring (bicyclic) bond motifs is 3. The van der Waals surface area contributed by atoms with Crippen molar-refractivity contribution in [1.29, 1.82) is 0 Å². The highest BCUT2D eigenvalue weighted by molar-refractivity contribution is 7.89. The van der Waals surface area contributed by atoms with E-state index in [-0.39, 0.29) is 23.5 Å². The van der Waals surface area contributed by atoms with E-state index < -0.39 is 15.4 Å². The molecule has 9 heteroatoms. The Morgan fingerprint density at radius 3 is 2.53 bits per heavy atom. The number of hydrogen-bond acceptors (Lipinski definition) is 6. The van der Waals surface area contributed by atoms with Gasteiger partial charge < -0.3 is 10.3 Å². The summed E-state index contributed by atoms with van der Waals surface area (Å²) < 4.78 is 30.6. The molecule has 2 fully saturated rings. The van der Waals surface area contributed by atoms with Crippen LogP contribution in [0.3, 0.4) is 0 Å². The number of nitrogens with zero attached hydrogens (tertiary/aromatic N) is 3. The molecule has 30 heavy (non-hydrogen) atoms. The van der Waals surface area contributed by atoms with Crippen LogP contribution in [0.4, 0.5) is 5.82 Å². The number of nitrogen functional groups attached to an aromatic ring is 1. The molecule has 0 saturated heterocycles. The lowest BCUT2D eigenvalue weighted by molar-refractivity contribution is -0.128. The van der Waals surface area contributed by atoms with Crippen molar-refractivity contribution in [1.82, 2.24) is 19.3 Å². The number of aromatic nitrogens is 3. The maximum Gasteiger partial charge on any atom is 0.212 e. The fourth-order valence-corrected chi connectivity index (χ4v) is 7.51. The summed E-state index contributed by atoms with van der Waals surface area (Å²) >= 11 is 0. The monoisotopic (exact) mass is 433 g/mol. The topological polar surface area (TPSA) is 120 Å². The zero-order chi connectivity index (χ0) is 22.1. The molecule has 0 aliphatic heterocycles. The fraction of sp³-hybridized carbons (Fsp3) is 0.667. The molecule has 4 rings (SSSR count). The quantitative estimate of drug-likeness (QED) is 0.721. The number of pyridine rings is 1. The average Bonchev–Trinajstić information content (AvgIpc) is 3.15. The smallest absolute Gasteiger partial charge is 0.212 e. The van der Waals surface area contributed by atoms with E-state index in [9.17, 15) is 13.2 Å². The summed E-state index contributed by atoms with van der Waals surface area (Å²) in [4.78, 5) is 21.5. The first kappa shape index (κ1) is 21.2. The number of anilines is 1. The van der Waals surface area contributed by atoms with Crippen molar-refractivity contribution in [2.24, 2.45) is 16.7 Å². The summed E-state index contributed by atoms with van der Waals surface area (Å²) in [5, 5.41) is 0. The lowest BCUT2D eigenvalue weighted by Gasteiger charge is -2.36. The molecule has 0 radical (unpaired) electrons. The third kappa shape index (κ3) is 2.97. The molecule has 2 aromatic rings. The van der Waals surface area contributed by atoms with Crippen molar-refractivity contribution >= 4 is 32.7 Å². The third-order valence-corrected chi connectivity index (χ3v) is 9.34. The highest BCUT2D eigenvalue weighted by Gasteiger charge is 2.65. The van der Waals surface area contributed by atoms with Crippen LogP contribution in [0.2, 0.25) is 0 Å². The van der Waals surface area contributed by atoms with E-state index in [0.29, 0.717) is 36.6 Å². The van der Waals surface area contributed by atoms with Crippen molar-refractivity contribution in [3.63, 3.8) is 0 Å². The minimum Gasteiger partial charge on any atom is -0.382 e. The molecular weight excluding hydrogens is 402 g/mol. The number of hydrogen-bond donors (Lipinski definition) is 2. The predicted molar refractivity (Wildman–Crippen MR) is 117 cm³/mol. The molecule has 2 aliphatic rings. The number of nitrogens with one attached hydrogen (secondary N) is 1. The van der Waals surface area contributed by atoms with Gasteiger partial charge in [-0.05, 0) is 50.5 Å². The van der Waals surface area contributed by atoms with Crippen molar-refractivity contribution < 1.29 is 13.2 Å². The van der Waals surface area contributed by atoms with E-state index in [1.165, 1.54) is 0 Å². The molecule has 0 aromatic carbocycles. The molecule has 2 bridgehead atoms. The number of aryl methyl sites for hydroxylation is 3. The first-order valence-electron chi connectivity index (χ1n) is 10.5. The van der Waals surface area contributed by atoms with Gasteiger partial charge in [0.1, 0.15) is 17.1 Å². The maximum absolute atomic E-state index is 12.9. The Balaban J connectivity index is 1.52. The summed E-state index contributed by atoms with van der Waals surface area (Å²) in [5.41, 5.74) is 8.37. The molecule has 2 heterocycles. The molecule has 2 atom stereocenters. The van der Waals surface area contributed by atoms with Gasteiger partial charge in [-0.25, -0.2) is 23.1 Å². The number of imidazole rings is 1. The highest BCUT2D eigenvalue weighted by atomic mass is 32.2. The Labute approximate surface area is 177 Å². The Kier molecular flexibility index (Phi) is 4.78. The Hall–Kier alpha value is -2.00. The van der Waals surface area contributed by atoms with Crippen LogP contribution in [0, 0.1) is 37.5 Å². The van der Waals surface area contributed by atoms with E-state index in [0.717, 1.165) is 29.0 Å². The third-order valence-electron chi connectivity index (χ3n) is 7.82. The van der Waals surface area contributed by atoms with Gasteiger partial charge in [-0.3, -0.25) is 4.79 Å². The van der Waals surface area contributed by atoms with Crippen LogP contribution in [-0.4, -0.2) is 41.0 Å². The van der Waals surface area contributed by atoms with Crippen LogP contribution < -0.4 is 10.5 Å². The minimum absolute atomic E-state index is 0.111. The van der Waals surface area contributed by atoms with Crippen LogP contribution in [0.25, 0.3) is 11.0 Å². The number of rotatable bonds is 6. The molecule has 8 nitrogen and oxygen atoms in total. The zero-order valence-electron chi connectivity index (χ0n) is 18.4. The van der Waals surface area contributed by atoms with Gasteiger partial charge in [-0.1, -0.05) is 13.8 Å². The molecule has 2 aromatic heterocycles. The van der Waals surface area contributed by atoms with Gasteiger partial charge in [-0.15, -0.1) is 0 Å². The number of Topliss-reactive ketones (excluding diaryl/α,β-unsaturated/α-hetero) is 1. The van der Waals surface area contributed by atoms with Crippen molar-refractivity contribution in [2.45, 2.75) is 60.4 Å². The molecule has 2 saturated carbocycles. The SMILES string of the molecule is Cc1nc(N)c2nc(C)n(CCNS(=O)(=O)CC34CCC(CC3=O)C4(C)C)c2c1C. The highest BCUT2D eigenvalue weighted by Crippen LogP contribution is 2.64. The summed E-state index contributed by atoms with van der Waals surface area (Å²) in [6.07, 6.45) is 2.11. The van der Waals surface area contributed by atoms with Crippen LogP contribution >= 0.6 is 0 Å². The van der Waals surface area contributed by atoms with E-state index in [1.54, 1.807) is 0 Å². The lowest BCUT2D eigenvalue weighted by atomic mass is 9.70. The van der Waals surface area contributed by atoms with E-state index in [4.69, 9.17) is 5.73 Å². The Morgan fingerprint density at radius 2 is 1.93 bits per heavy atom. The fourth-order valence-electron chi connectivity index (χ4n) is 5.68. The summed E-state index contributed by atoms with van der Waals surface area (Å²) in [7, 11) is -3.60. The van der Waals surface area contributed by atoms with Gasteiger partial charge in [0.25, 0.3) is 0 Å². The number of nitrogens with two attached hydrogens (primary N) is 1. The second-order valence-corrected chi connectivity index (χ2v) is 11.3. The first-order chi connectivity index (χ1) is 13.9. The van der Waals surface area contributed by atoms with E-state index in [2.05, 4.69) is 28.5 Å². The van der Waals surface area contributed by atoms with E-state index >= 15 is 0 Å². The molecule has 2 aliphatic carbocycles. The van der Waals surface area contributed by atoms with Gasteiger partial charge in [0.15, 0.2) is 5.82 Å². The second-order valence-electron chi connectivity index (χ2n) is 9.54. The van der Waals surface area contributed by atoms with Crippen molar-refractivity contribution in [2.75, 3.05) is 18.0 Å². The van der Waals surface area contributed by atoms with Crippen LogP contribution in [0.5, 0.6) is 0 Å². The Morgan fingerprint density at radius 1 is 1.23 bits per heavy atom. The Bertz CT molecular complexity index is 1150. The summed E-state index contributed by atoms with van der Waals surface area (Å²) in [6.45, 7) is 10.5. The summed E-state index contributed by atoms with van der Waals surface area (Å²) in [5.74, 6) is 1.43. The molecule has 164 valence electrons. The zero-order valence-corrected chi connectivity index (χ0v) is 19.2. The molecular formula is C21H31N5O3S. The van der Waals surface area contributed by atoms with Crippen LogP contribution in [0.1, 0.15) is 50.2 Å². The van der Waals surface area contributed by atoms with E-state index in [1.807, 2.05) is 25.3 Å². The van der Waals surface area contributed by atoms with Gasteiger partial charge in [0.05, 0.1) is 11.3 Å². The van der Waals surface area contributed by atoms with Gasteiger partial charge in [0, 0.05) is 30.6 Å². The van der Waals surface area contributed by atoms with Crippen molar-refractivity contribution in [3.05, 3.63) is 17.1 Å². The maximum atomic E-state index is 12.9. The normalized spacial score (nSPS) is 25.5.